The minimum absolute atomic E-state index is 0. The van der Waals surface area contributed by atoms with E-state index in [4.69, 9.17) is 53.5 Å². The summed E-state index contributed by atoms with van der Waals surface area (Å²) in [6.45, 7) is 21.8. The van der Waals surface area contributed by atoms with E-state index in [0.29, 0.717) is 41.6 Å². The third kappa shape index (κ3) is 33.0. The van der Waals surface area contributed by atoms with E-state index in [1.54, 1.807) is 144 Å². The summed E-state index contributed by atoms with van der Waals surface area (Å²) in [7, 11) is 1.00. The molecule has 26 nitrogen and oxygen atoms in total. The number of hydrogen-bond donors (Lipinski definition) is 7. The van der Waals surface area contributed by atoms with Crippen molar-refractivity contribution in [3.8, 4) is 23.0 Å². The van der Waals surface area contributed by atoms with Crippen molar-refractivity contribution in [1.29, 1.82) is 0 Å². The molecule has 0 aliphatic carbocycles. The van der Waals surface area contributed by atoms with Crippen molar-refractivity contribution in [3.63, 3.8) is 0 Å². The topological polar surface area (TPSA) is 365 Å². The van der Waals surface area contributed by atoms with Gasteiger partial charge < -0.3 is 64.3 Å². The van der Waals surface area contributed by atoms with Crippen molar-refractivity contribution in [1.82, 2.24) is 26.6 Å². The second kappa shape index (κ2) is 36.9. The minimum Gasteiger partial charge on any atom is -0.492 e. The lowest BCUT2D eigenvalue weighted by Gasteiger charge is -2.22. The Morgan fingerprint density at radius 1 is 0.443 bits per heavy atom. The number of hydrogen-bond acceptors (Lipinski definition) is 20. The van der Waals surface area contributed by atoms with Gasteiger partial charge in [-0.1, -0.05) is 37.8 Å². The smallest absolute Gasteiger partial charge is 0.414 e. The number of esters is 2. The molecule has 0 unspecified atom stereocenters. The number of amides is 5. The van der Waals surface area contributed by atoms with Crippen LogP contribution in [0.1, 0.15) is 117 Å². The number of carbonyl (C=O) groups is 7. The number of nitrogens with two attached hydrogens (primary N) is 1. The quantitative estimate of drug-likeness (QED) is 0.0128. The molecule has 5 amide bonds. The van der Waals surface area contributed by atoms with Crippen LogP contribution in [0.25, 0.3) is 0 Å². The zero-order valence-electron chi connectivity index (χ0n) is 51.1. The average Bonchev–Trinajstić information content (AvgIpc) is 3.59. The van der Waals surface area contributed by atoms with Crippen LogP contribution in [0.4, 0.5) is 35.3 Å². The highest BCUT2D eigenvalue weighted by molar-refractivity contribution is 6.03. The third-order valence-corrected chi connectivity index (χ3v) is 9.47. The second-order valence-electron chi connectivity index (χ2n) is 21.7. The van der Waals surface area contributed by atoms with Crippen LogP contribution in [0.15, 0.2) is 137 Å². The summed E-state index contributed by atoms with van der Waals surface area (Å²) < 4.78 is 47.9. The lowest BCUT2D eigenvalue weighted by molar-refractivity contribution is 0.0521. The maximum Gasteiger partial charge on any atom is 0.414 e. The monoisotopic (exact) mass is 1230 g/mol. The summed E-state index contributed by atoms with van der Waals surface area (Å²) in [5.74, 6) is 0.0222. The molecule has 0 fully saturated rings. The molecule has 5 rings (SSSR count). The molecule has 0 saturated heterocycles. The fourth-order valence-corrected chi connectivity index (χ4v) is 6.19. The molecule has 0 spiro atoms. The number of benzene rings is 5. The molecular weight excluding hydrogens is 1140 g/mol. The van der Waals surface area contributed by atoms with Gasteiger partial charge in [-0.3, -0.25) is 21.3 Å². The van der Waals surface area contributed by atoms with Crippen LogP contribution in [-0.2, 0) is 30.3 Å². The Morgan fingerprint density at radius 3 is 1.08 bits per heavy atom. The minimum atomic E-state index is -0.829. The van der Waals surface area contributed by atoms with E-state index in [2.05, 4.69) is 36.6 Å². The van der Waals surface area contributed by atoms with E-state index >= 15 is 0 Å². The number of aliphatic imine (C=N–C) groups is 2. The van der Waals surface area contributed by atoms with Gasteiger partial charge >= 0.3 is 42.4 Å². The van der Waals surface area contributed by atoms with Crippen molar-refractivity contribution in [2.24, 2.45) is 15.7 Å². The van der Waals surface area contributed by atoms with Crippen molar-refractivity contribution >= 4 is 65.7 Å². The Kier molecular flexibility index (Phi) is 32.0. The van der Waals surface area contributed by atoms with Gasteiger partial charge in [0.05, 0.1) is 29.0 Å². The molecule has 88 heavy (non-hydrogen) atoms. The Balaban J connectivity index is 0.000000859. The number of aliphatic hydroxyl groups excluding tert-OH is 1. The molecule has 0 aromatic heterocycles. The standard InChI is InChI=1S/C34H40N4O9.C26H34N4O7.CH4O.CH4.H2O/c1-33(2,3)46-31(41)37-29(38-32(42)47-34(4,5)6)36-25-14-18-27(19-15-25)45-28(39)24-12-16-26(17-13-24)43-21-20-35-30(40)44-22-23-10-8-7-9-11-23;1-25(2,3)36-23(32)29-22(30-24(33)37-26(4,5)6)28-18-9-13-20(14-10-18)35-21(31)17-7-11-19(12-8-17)34-16-15-27;1-2;;/h7-19H,20-22H2,1-6H3,(H,35,40)(H2,36,37,38,41,42);7-14H,15-16,27H2,1-6H3,(H2,28,29,30,32,33);2H,1H3;1H4;1H2. The van der Waals surface area contributed by atoms with Crippen LogP contribution in [0.3, 0.4) is 0 Å². The van der Waals surface area contributed by atoms with Gasteiger partial charge in [-0.05, 0) is 186 Å². The maximum absolute atomic E-state index is 12.7. The van der Waals surface area contributed by atoms with Gasteiger partial charge in [-0.2, -0.15) is 0 Å². The van der Waals surface area contributed by atoms with Crippen LogP contribution in [0.2, 0.25) is 0 Å². The van der Waals surface area contributed by atoms with E-state index in [0.717, 1.165) is 12.7 Å². The highest BCUT2D eigenvalue weighted by atomic mass is 16.6. The van der Waals surface area contributed by atoms with Gasteiger partial charge in [0, 0.05) is 13.7 Å². The van der Waals surface area contributed by atoms with E-state index in [1.807, 2.05) is 30.3 Å². The normalized spacial score (nSPS) is 10.6. The molecule has 0 aliphatic heterocycles. The van der Waals surface area contributed by atoms with Gasteiger partial charge in [0.1, 0.15) is 65.2 Å². The van der Waals surface area contributed by atoms with Crippen molar-refractivity contribution in [3.05, 3.63) is 144 Å². The van der Waals surface area contributed by atoms with Gasteiger partial charge in [-0.25, -0.2) is 43.5 Å². The summed E-state index contributed by atoms with van der Waals surface area (Å²) in [5, 5.41) is 19.2. The lowest BCUT2D eigenvalue weighted by atomic mass is 10.2. The first kappa shape index (κ1) is 76.2. The molecule has 480 valence electrons. The predicted octanol–water partition coefficient (Wildman–Crippen LogP) is 9.95. The zero-order chi connectivity index (χ0) is 64.1. The van der Waals surface area contributed by atoms with E-state index in [-0.39, 0.29) is 61.6 Å². The van der Waals surface area contributed by atoms with E-state index in [9.17, 15) is 33.6 Å². The van der Waals surface area contributed by atoms with E-state index in [1.165, 1.54) is 36.4 Å². The maximum atomic E-state index is 12.7. The Bertz CT molecular complexity index is 2980. The summed E-state index contributed by atoms with van der Waals surface area (Å²) in [6.07, 6.45) is -3.83. The first-order chi connectivity index (χ1) is 40.4. The van der Waals surface area contributed by atoms with E-state index < -0.39 is 64.8 Å². The van der Waals surface area contributed by atoms with Crippen molar-refractivity contribution in [2.45, 2.75) is 120 Å². The molecule has 0 atom stereocenters. The number of guanidine groups is 2. The first-order valence-electron chi connectivity index (χ1n) is 26.8. The molecule has 0 heterocycles. The molecule has 0 radical (unpaired) electrons. The van der Waals surface area contributed by atoms with Crippen LogP contribution in [0.5, 0.6) is 23.0 Å². The fourth-order valence-electron chi connectivity index (χ4n) is 6.19. The van der Waals surface area contributed by atoms with Crippen LogP contribution in [0, 0.1) is 0 Å². The average molecular weight is 1230 g/mol. The Morgan fingerprint density at radius 2 is 0.761 bits per heavy atom. The van der Waals surface area contributed by atoms with Gasteiger partial charge in [0.15, 0.2) is 0 Å². The number of carbonyl (C=O) groups excluding carboxylic acids is 7. The number of alkyl carbamates (subject to hydrolysis) is 5. The lowest BCUT2D eigenvalue weighted by Crippen LogP contribution is -2.47. The Labute approximate surface area is 513 Å². The van der Waals surface area contributed by atoms with Crippen molar-refractivity contribution < 1.29 is 86.8 Å². The van der Waals surface area contributed by atoms with Gasteiger partial charge in [0.2, 0.25) is 11.9 Å². The molecule has 5 aromatic carbocycles. The number of ether oxygens (including phenoxy) is 9. The molecule has 5 aromatic rings. The number of nitrogens with one attached hydrogen (secondary N) is 5. The summed E-state index contributed by atoms with van der Waals surface area (Å²) in [6, 6.07) is 34.3. The largest absolute Gasteiger partial charge is 0.492 e. The first-order valence-corrected chi connectivity index (χ1v) is 26.8. The molecule has 10 N–H and O–H groups in total. The molecule has 0 saturated carbocycles. The third-order valence-electron chi connectivity index (χ3n) is 9.47. The molecule has 26 heteroatoms. The van der Waals surface area contributed by atoms with Crippen molar-refractivity contribution in [2.75, 3.05) is 33.4 Å². The molecule has 0 bridgehead atoms. The van der Waals surface area contributed by atoms with Crippen LogP contribution in [-0.4, -0.2) is 121 Å². The van der Waals surface area contributed by atoms with Crippen LogP contribution >= 0.6 is 0 Å². The van der Waals surface area contributed by atoms with Gasteiger partial charge in [0.25, 0.3) is 0 Å². The predicted molar refractivity (Wildman–Crippen MR) is 331 cm³/mol. The fraction of sp³-hybridized carbons (Fsp3) is 0.371. The number of nitrogens with zero attached hydrogens (tertiary/aromatic N) is 2. The highest BCUT2D eigenvalue weighted by Gasteiger charge is 2.24. The molecular formula is C62H84N8O18. The summed E-state index contributed by atoms with van der Waals surface area (Å²) >= 11 is 0. The Hall–Kier alpha value is -9.79. The zero-order valence-corrected chi connectivity index (χ0v) is 51.1. The summed E-state index contributed by atoms with van der Waals surface area (Å²) in [5.41, 5.74) is 4.52. The highest BCUT2D eigenvalue weighted by Crippen LogP contribution is 2.23. The van der Waals surface area contributed by atoms with Gasteiger partial charge in [-0.15, -0.1) is 0 Å². The molecule has 0 aliphatic rings. The van der Waals surface area contributed by atoms with Crippen LogP contribution < -0.4 is 51.3 Å². The SMILES string of the molecule is C.CC(C)(C)OC(=O)NC(=Nc1ccc(OC(=O)c2ccc(OCCN)cc2)cc1)NC(=O)OC(C)(C)C.CC(C)(C)OC(=O)NC(=Nc1ccc(OC(=O)c2ccc(OCCNC(=O)OCc3ccccc3)cc2)cc1)NC(=O)OC(C)(C)C.CO.O. The number of aliphatic hydroxyl groups is 1. The summed E-state index contributed by atoms with van der Waals surface area (Å²) in [4.78, 5) is 94.6. The number of rotatable bonds is 15. The second-order valence-corrected chi connectivity index (χ2v) is 21.7.